The van der Waals surface area contributed by atoms with Gasteiger partial charge in [-0.25, -0.2) is 0 Å². The predicted molar refractivity (Wildman–Crippen MR) is 100 cm³/mol. The molecule has 2 aromatic rings. The Morgan fingerprint density at radius 3 is 2.80 bits per heavy atom. The molecule has 0 radical (unpaired) electrons. The van der Waals surface area contributed by atoms with Crippen LogP contribution in [-0.4, -0.2) is 23.7 Å². The first-order chi connectivity index (χ1) is 11.9. The highest BCUT2D eigenvalue weighted by atomic mass is 32.2. The maximum atomic E-state index is 12.2. The van der Waals surface area contributed by atoms with E-state index in [1.54, 1.807) is 25.1 Å². The summed E-state index contributed by atoms with van der Waals surface area (Å²) in [6.07, 6.45) is -0.512. The zero-order valence-corrected chi connectivity index (χ0v) is 15.2. The van der Waals surface area contributed by atoms with E-state index in [4.69, 9.17) is 4.74 Å². The molecule has 2 N–H and O–H groups in total. The molecule has 0 bridgehead atoms. The molecule has 0 saturated carbocycles. The number of thioether (sulfide) groups is 1. The van der Waals surface area contributed by atoms with Crippen molar-refractivity contribution in [1.82, 2.24) is 0 Å². The Morgan fingerprint density at radius 1 is 1.24 bits per heavy atom. The van der Waals surface area contributed by atoms with E-state index >= 15 is 0 Å². The van der Waals surface area contributed by atoms with Crippen LogP contribution in [0.15, 0.2) is 41.3 Å². The van der Waals surface area contributed by atoms with Gasteiger partial charge in [0.15, 0.2) is 6.10 Å². The zero-order valence-electron chi connectivity index (χ0n) is 14.4. The molecule has 0 aromatic heterocycles. The van der Waals surface area contributed by atoms with Crippen molar-refractivity contribution in [2.24, 2.45) is 0 Å². The summed E-state index contributed by atoms with van der Waals surface area (Å²) in [5, 5.41) is 5.63. The fourth-order valence-corrected chi connectivity index (χ4v) is 3.40. The van der Waals surface area contributed by atoms with E-state index in [2.05, 4.69) is 16.7 Å². The number of aryl methyl sites for hydroxylation is 2. The average Bonchev–Trinajstić information content (AvgIpc) is 2.55. The molecule has 1 aliphatic heterocycles. The average molecular weight is 356 g/mol. The van der Waals surface area contributed by atoms with Crippen molar-refractivity contribution in [3.8, 4) is 5.75 Å². The molecule has 25 heavy (non-hydrogen) atoms. The van der Waals surface area contributed by atoms with Crippen LogP contribution in [0.25, 0.3) is 0 Å². The number of fused-ring (bicyclic) bond motifs is 1. The first kappa shape index (κ1) is 17.4. The number of amides is 2. The van der Waals surface area contributed by atoms with Crippen LogP contribution in [-0.2, 0) is 9.59 Å². The third-order valence-electron chi connectivity index (χ3n) is 3.88. The summed E-state index contributed by atoms with van der Waals surface area (Å²) in [6, 6.07) is 11.4. The minimum absolute atomic E-state index is 0.0960. The Hall–Kier alpha value is -2.47. The number of hydrogen-bond acceptors (Lipinski definition) is 4. The van der Waals surface area contributed by atoms with Crippen molar-refractivity contribution < 1.29 is 14.3 Å². The molecule has 130 valence electrons. The Labute approximate surface area is 151 Å². The van der Waals surface area contributed by atoms with Crippen LogP contribution in [0.2, 0.25) is 0 Å². The number of rotatable bonds is 4. The maximum absolute atomic E-state index is 12.2. The van der Waals surface area contributed by atoms with Gasteiger partial charge < -0.3 is 15.4 Å². The summed E-state index contributed by atoms with van der Waals surface area (Å²) in [6.45, 7) is 5.78. The highest BCUT2D eigenvalue weighted by Crippen LogP contribution is 2.32. The van der Waals surface area contributed by atoms with Crippen molar-refractivity contribution in [3.05, 3.63) is 47.5 Å². The van der Waals surface area contributed by atoms with Gasteiger partial charge in [0.05, 0.1) is 11.4 Å². The molecule has 1 heterocycles. The molecule has 0 saturated heterocycles. The van der Waals surface area contributed by atoms with Gasteiger partial charge >= 0.3 is 0 Å². The van der Waals surface area contributed by atoms with Gasteiger partial charge in [0, 0.05) is 10.6 Å². The van der Waals surface area contributed by atoms with E-state index in [1.807, 2.05) is 26.0 Å². The minimum atomic E-state index is -0.512. The molecule has 0 spiro atoms. The number of anilines is 2. The van der Waals surface area contributed by atoms with Gasteiger partial charge in [-0.1, -0.05) is 17.7 Å². The van der Waals surface area contributed by atoms with E-state index < -0.39 is 6.10 Å². The normalized spacial score (nSPS) is 15.8. The summed E-state index contributed by atoms with van der Waals surface area (Å²) >= 11 is 1.51. The van der Waals surface area contributed by atoms with Gasteiger partial charge in [0.25, 0.3) is 5.91 Å². The molecule has 0 aliphatic carbocycles. The monoisotopic (exact) mass is 356 g/mol. The third-order valence-corrected chi connectivity index (χ3v) is 5.06. The molecule has 6 heteroatoms. The Bertz CT molecular complexity index is 835. The highest BCUT2D eigenvalue weighted by Gasteiger charge is 2.23. The largest absolute Gasteiger partial charge is 0.479 e. The SMILES string of the molecule is Cc1ccc(SCC(=O)Nc2ccc3c(c2)NC(=O)[C@H](C)O3)c(C)c1. The second-order valence-electron chi connectivity index (χ2n) is 6.07. The molecule has 3 rings (SSSR count). The Balaban J connectivity index is 1.61. The summed E-state index contributed by atoms with van der Waals surface area (Å²) < 4.78 is 5.50. The first-order valence-corrected chi connectivity index (χ1v) is 9.02. The lowest BCUT2D eigenvalue weighted by molar-refractivity contribution is -0.122. The van der Waals surface area contributed by atoms with Crippen LogP contribution in [0.4, 0.5) is 11.4 Å². The molecule has 0 unspecified atom stereocenters. The molecule has 2 amide bonds. The molecule has 5 nitrogen and oxygen atoms in total. The van der Waals surface area contributed by atoms with Crippen LogP contribution >= 0.6 is 11.8 Å². The van der Waals surface area contributed by atoms with Crippen molar-refractivity contribution in [2.75, 3.05) is 16.4 Å². The lowest BCUT2D eigenvalue weighted by Gasteiger charge is -2.23. The van der Waals surface area contributed by atoms with Crippen LogP contribution in [0.5, 0.6) is 5.75 Å². The van der Waals surface area contributed by atoms with E-state index in [0.29, 0.717) is 22.9 Å². The van der Waals surface area contributed by atoms with Gasteiger partial charge in [-0.05, 0) is 50.6 Å². The van der Waals surface area contributed by atoms with Gasteiger partial charge in [-0.3, -0.25) is 9.59 Å². The summed E-state index contributed by atoms with van der Waals surface area (Å²) in [5.41, 5.74) is 3.57. The van der Waals surface area contributed by atoms with Gasteiger partial charge in [0.2, 0.25) is 5.91 Å². The smallest absolute Gasteiger partial charge is 0.265 e. The molecule has 0 fully saturated rings. The Morgan fingerprint density at radius 2 is 2.04 bits per heavy atom. The summed E-state index contributed by atoms with van der Waals surface area (Å²) in [5.74, 6) is 0.637. The zero-order chi connectivity index (χ0) is 18.0. The molecule has 1 atom stereocenters. The molecule has 1 aliphatic rings. The van der Waals surface area contributed by atoms with E-state index in [0.717, 1.165) is 4.90 Å². The second kappa shape index (κ2) is 7.19. The number of benzene rings is 2. The predicted octanol–water partition coefficient (Wildman–Crippen LogP) is 3.75. The standard InChI is InChI=1S/C19H20N2O3S/c1-11-4-7-17(12(2)8-11)25-10-18(22)20-14-5-6-16-15(9-14)21-19(23)13(3)24-16/h4-9,13H,10H2,1-3H3,(H,20,22)(H,21,23)/t13-/m0/s1. The van der Waals surface area contributed by atoms with E-state index in [1.165, 1.54) is 22.9 Å². The second-order valence-corrected chi connectivity index (χ2v) is 7.08. The van der Waals surface area contributed by atoms with Gasteiger partial charge in [-0.15, -0.1) is 11.8 Å². The van der Waals surface area contributed by atoms with Crippen LogP contribution in [0.1, 0.15) is 18.1 Å². The lowest BCUT2D eigenvalue weighted by atomic mass is 10.2. The third kappa shape index (κ3) is 4.14. The fraction of sp³-hybridized carbons (Fsp3) is 0.263. The van der Waals surface area contributed by atoms with Crippen molar-refractivity contribution in [1.29, 1.82) is 0 Å². The van der Waals surface area contributed by atoms with Crippen LogP contribution in [0.3, 0.4) is 0 Å². The van der Waals surface area contributed by atoms with Crippen molar-refractivity contribution in [2.45, 2.75) is 31.8 Å². The highest BCUT2D eigenvalue weighted by molar-refractivity contribution is 8.00. The number of ether oxygens (including phenoxy) is 1. The number of nitrogens with one attached hydrogen (secondary N) is 2. The minimum Gasteiger partial charge on any atom is -0.479 e. The molecular weight excluding hydrogens is 336 g/mol. The molecular formula is C19H20N2O3S. The molecule has 2 aromatic carbocycles. The van der Waals surface area contributed by atoms with Gasteiger partial charge in [0.1, 0.15) is 5.75 Å². The lowest BCUT2D eigenvalue weighted by Crippen LogP contribution is -2.34. The fourth-order valence-electron chi connectivity index (χ4n) is 2.59. The topological polar surface area (TPSA) is 67.4 Å². The maximum Gasteiger partial charge on any atom is 0.265 e. The number of carbonyl (C=O) groups excluding carboxylic acids is 2. The van der Waals surface area contributed by atoms with Crippen LogP contribution < -0.4 is 15.4 Å². The van der Waals surface area contributed by atoms with Crippen molar-refractivity contribution >= 4 is 35.0 Å². The summed E-state index contributed by atoms with van der Waals surface area (Å²) in [7, 11) is 0. The summed E-state index contributed by atoms with van der Waals surface area (Å²) in [4.78, 5) is 25.0. The van der Waals surface area contributed by atoms with E-state index in [-0.39, 0.29) is 11.8 Å². The van der Waals surface area contributed by atoms with Crippen LogP contribution in [0, 0.1) is 13.8 Å². The quantitative estimate of drug-likeness (QED) is 0.819. The number of carbonyl (C=O) groups is 2. The van der Waals surface area contributed by atoms with Crippen molar-refractivity contribution in [3.63, 3.8) is 0 Å². The number of hydrogen-bond donors (Lipinski definition) is 2. The van der Waals surface area contributed by atoms with E-state index in [9.17, 15) is 9.59 Å². The first-order valence-electron chi connectivity index (χ1n) is 8.04. The van der Waals surface area contributed by atoms with Gasteiger partial charge in [-0.2, -0.15) is 0 Å². The Kier molecular flexibility index (Phi) is 4.99.